The van der Waals surface area contributed by atoms with Crippen molar-refractivity contribution in [2.24, 2.45) is 10.9 Å². The van der Waals surface area contributed by atoms with Crippen LogP contribution in [0.1, 0.15) is 58.8 Å². The van der Waals surface area contributed by atoms with Gasteiger partial charge in [-0.05, 0) is 32.2 Å². The lowest BCUT2D eigenvalue weighted by Crippen LogP contribution is -2.49. The monoisotopic (exact) mass is 351 g/mol. The summed E-state index contributed by atoms with van der Waals surface area (Å²) in [6.45, 7) is 14.4. The summed E-state index contributed by atoms with van der Waals surface area (Å²) in [7, 11) is 0. The first-order chi connectivity index (χ1) is 12.3. The molecule has 1 aliphatic heterocycles. The molecular weight excluding hydrogens is 310 g/mol. The summed E-state index contributed by atoms with van der Waals surface area (Å²) in [5.41, 5.74) is 0. The Hall–Kier alpha value is -0.810. The van der Waals surface area contributed by atoms with Crippen LogP contribution in [0.4, 0.5) is 0 Å². The zero-order valence-electron chi connectivity index (χ0n) is 16.7. The van der Waals surface area contributed by atoms with E-state index < -0.39 is 0 Å². The Morgan fingerprint density at radius 3 is 2.36 bits per heavy atom. The summed E-state index contributed by atoms with van der Waals surface area (Å²) in [5, 5.41) is 6.90. The van der Waals surface area contributed by atoms with Gasteiger partial charge in [0.25, 0.3) is 0 Å². The van der Waals surface area contributed by atoms with Crippen molar-refractivity contribution in [3.05, 3.63) is 0 Å². The lowest BCUT2D eigenvalue weighted by Gasteiger charge is -2.34. The van der Waals surface area contributed by atoms with Crippen LogP contribution in [-0.4, -0.2) is 74.7 Å². The van der Waals surface area contributed by atoms with Crippen LogP contribution >= 0.6 is 0 Å². The van der Waals surface area contributed by atoms with Crippen LogP contribution in [-0.2, 0) is 0 Å². The Morgan fingerprint density at radius 1 is 0.960 bits per heavy atom. The molecule has 2 aliphatic rings. The third-order valence-corrected chi connectivity index (χ3v) is 5.74. The van der Waals surface area contributed by atoms with Gasteiger partial charge in [-0.2, -0.15) is 0 Å². The number of nitrogens with zero attached hydrogens (tertiary/aromatic N) is 3. The zero-order chi connectivity index (χ0) is 17.7. The third-order valence-electron chi connectivity index (χ3n) is 5.74. The number of piperazine rings is 1. The second-order valence-electron chi connectivity index (χ2n) is 7.61. The van der Waals surface area contributed by atoms with Gasteiger partial charge in [-0.1, -0.05) is 39.0 Å². The van der Waals surface area contributed by atoms with Gasteiger partial charge >= 0.3 is 0 Å². The summed E-state index contributed by atoms with van der Waals surface area (Å²) in [4.78, 5) is 9.86. The Balaban J connectivity index is 1.58. The SMILES string of the molecule is CCNC(=NCCCC1CCCCC1)NCCN1CCN(CC)CC1. The minimum Gasteiger partial charge on any atom is -0.357 e. The average Bonchev–Trinajstić information content (AvgIpc) is 2.66. The van der Waals surface area contributed by atoms with Gasteiger partial charge in [0.05, 0.1) is 0 Å². The maximum Gasteiger partial charge on any atom is 0.191 e. The van der Waals surface area contributed by atoms with Crippen LogP contribution in [0.3, 0.4) is 0 Å². The van der Waals surface area contributed by atoms with Crippen molar-refractivity contribution in [1.82, 2.24) is 20.4 Å². The molecule has 1 heterocycles. The van der Waals surface area contributed by atoms with Crippen molar-refractivity contribution in [3.63, 3.8) is 0 Å². The molecule has 1 saturated carbocycles. The summed E-state index contributed by atoms with van der Waals surface area (Å²) >= 11 is 0. The lowest BCUT2D eigenvalue weighted by molar-refractivity contribution is 0.139. The van der Waals surface area contributed by atoms with Gasteiger partial charge < -0.3 is 15.5 Å². The van der Waals surface area contributed by atoms with Crippen LogP contribution in [0.15, 0.2) is 4.99 Å². The van der Waals surface area contributed by atoms with Crippen LogP contribution in [0.25, 0.3) is 0 Å². The molecule has 25 heavy (non-hydrogen) atoms. The minimum atomic E-state index is 0.934. The van der Waals surface area contributed by atoms with E-state index in [0.717, 1.165) is 38.1 Å². The molecule has 0 unspecified atom stereocenters. The summed E-state index contributed by atoms with van der Waals surface area (Å²) < 4.78 is 0. The van der Waals surface area contributed by atoms with Crippen molar-refractivity contribution >= 4 is 5.96 Å². The van der Waals surface area contributed by atoms with E-state index in [1.54, 1.807) is 0 Å². The maximum absolute atomic E-state index is 4.77. The van der Waals surface area contributed by atoms with Crippen LogP contribution in [0, 0.1) is 5.92 Å². The quantitative estimate of drug-likeness (QED) is 0.381. The third kappa shape index (κ3) is 8.41. The molecule has 2 fully saturated rings. The number of likely N-dealkylation sites (N-methyl/N-ethyl adjacent to an activating group) is 1. The van der Waals surface area contributed by atoms with E-state index in [2.05, 4.69) is 34.3 Å². The first kappa shape index (κ1) is 20.5. The molecule has 0 spiro atoms. The summed E-state index contributed by atoms with van der Waals surface area (Å²) in [6, 6.07) is 0. The molecule has 1 saturated heterocycles. The molecule has 0 amide bonds. The molecule has 0 aromatic heterocycles. The highest BCUT2D eigenvalue weighted by atomic mass is 15.3. The van der Waals surface area contributed by atoms with Gasteiger partial charge in [0.15, 0.2) is 5.96 Å². The maximum atomic E-state index is 4.77. The van der Waals surface area contributed by atoms with Gasteiger partial charge in [-0.3, -0.25) is 9.89 Å². The number of aliphatic imine (C=N–C) groups is 1. The van der Waals surface area contributed by atoms with Crippen molar-refractivity contribution < 1.29 is 0 Å². The second-order valence-corrected chi connectivity index (χ2v) is 7.61. The topological polar surface area (TPSA) is 42.9 Å². The molecule has 5 nitrogen and oxygen atoms in total. The lowest BCUT2D eigenvalue weighted by atomic mass is 9.86. The Bertz CT molecular complexity index is 357. The van der Waals surface area contributed by atoms with Crippen LogP contribution < -0.4 is 10.6 Å². The Kier molecular flexibility index (Phi) is 10.3. The van der Waals surface area contributed by atoms with Crippen molar-refractivity contribution in [3.8, 4) is 0 Å². The van der Waals surface area contributed by atoms with E-state index in [1.165, 1.54) is 77.7 Å². The second kappa shape index (κ2) is 12.5. The van der Waals surface area contributed by atoms with Crippen LogP contribution in [0.5, 0.6) is 0 Å². The molecule has 146 valence electrons. The van der Waals surface area contributed by atoms with E-state index in [9.17, 15) is 0 Å². The molecule has 5 heteroatoms. The highest BCUT2D eigenvalue weighted by Crippen LogP contribution is 2.27. The van der Waals surface area contributed by atoms with Crippen molar-refractivity contribution in [2.45, 2.75) is 58.8 Å². The highest BCUT2D eigenvalue weighted by Gasteiger charge is 2.15. The van der Waals surface area contributed by atoms with E-state index in [-0.39, 0.29) is 0 Å². The molecule has 0 aromatic rings. The largest absolute Gasteiger partial charge is 0.357 e. The van der Waals surface area contributed by atoms with E-state index in [4.69, 9.17) is 4.99 Å². The predicted octanol–water partition coefficient (Wildman–Crippen LogP) is 2.54. The smallest absolute Gasteiger partial charge is 0.191 e. The molecule has 1 aliphatic carbocycles. The number of hydrogen-bond donors (Lipinski definition) is 2. The van der Waals surface area contributed by atoms with Gasteiger partial charge in [0.2, 0.25) is 0 Å². The fourth-order valence-corrected chi connectivity index (χ4v) is 4.05. The standard InChI is InChI=1S/C20H41N5/c1-3-21-20(22-12-8-11-19-9-6-5-7-10-19)23-13-14-25-17-15-24(4-2)16-18-25/h19H,3-18H2,1-2H3,(H2,21,22,23). The number of hydrogen-bond acceptors (Lipinski definition) is 3. The molecule has 2 N–H and O–H groups in total. The number of nitrogens with one attached hydrogen (secondary N) is 2. The Labute approximate surface area is 155 Å². The minimum absolute atomic E-state index is 0.934. The summed E-state index contributed by atoms with van der Waals surface area (Å²) in [6.07, 6.45) is 9.86. The molecule has 0 atom stereocenters. The number of guanidine groups is 1. The van der Waals surface area contributed by atoms with E-state index in [1.807, 2.05) is 0 Å². The first-order valence-electron chi connectivity index (χ1n) is 10.8. The fraction of sp³-hybridized carbons (Fsp3) is 0.950. The normalized spacial score (nSPS) is 21.4. The average molecular weight is 352 g/mol. The molecule has 0 radical (unpaired) electrons. The van der Waals surface area contributed by atoms with Crippen molar-refractivity contribution in [1.29, 1.82) is 0 Å². The van der Waals surface area contributed by atoms with E-state index >= 15 is 0 Å². The van der Waals surface area contributed by atoms with Gasteiger partial charge in [0.1, 0.15) is 0 Å². The van der Waals surface area contributed by atoms with Crippen LogP contribution in [0.2, 0.25) is 0 Å². The zero-order valence-corrected chi connectivity index (χ0v) is 16.7. The first-order valence-corrected chi connectivity index (χ1v) is 10.8. The van der Waals surface area contributed by atoms with E-state index in [0.29, 0.717) is 0 Å². The van der Waals surface area contributed by atoms with Crippen molar-refractivity contribution in [2.75, 3.05) is 58.9 Å². The molecule has 0 bridgehead atoms. The Morgan fingerprint density at radius 2 is 1.68 bits per heavy atom. The number of rotatable bonds is 9. The predicted molar refractivity (Wildman–Crippen MR) is 108 cm³/mol. The molecule has 2 rings (SSSR count). The summed E-state index contributed by atoms with van der Waals surface area (Å²) in [5.74, 6) is 1.97. The van der Waals surface area contributed by atoms with Gasteiger partial charge in [-0.25, -0.2) is 0 Å². The molecule has 0 aromatic carbocycles. The fourth-order valence-electron chi connectivity index (χ4n) is 4.05. The highest BCUT2D eigenvalue weighted by molar-refractivity contribution is 5.79. The van der Waals surface area contributed by atoms with Gasteiger partial charge in [-0.15, -0.1) is 0 Å². The molecular formula is C20H41N5. The van der Waals surface area contributed by atoms with Gasteiger partial charge in [0, 0.05) is 52.4 Å².